The van der Waals surface area contributed by atoms with Gasteiger partial charge in [0.1, 0.15) is 11.7 Å². The van der Waals surface area contributed by atoms with Crippen LogP contribution in [0.15, 0.2) is 71.5 Å². The van der Waals surface area contributed by atoms with Crippen molar-refractivity contribution in [1.29, 1.82) is 0 Å². The monoisotopic (exact) mass is 389 g/mol. The van der Waals surface area contributed by atoms with Crippen LogP contribution in [-0.4, -0.2) is 35.9 Å². The number of anilines is 3. The molecule has 5 nitrogen and oxygen atoms in total. The lowest BCUT2D eigenvalue weighted by Gasteiger charge is -2.26. The van der Waals surface area contributed by atoms with Crippen LogP contribution >= 0.6 is 0 Å². The Bertz CT molecular complexity index is 870. The molecule has 5 heteroatoms. The molecule has 1 aromatic carbocycles. The minimum absolute atomic E-state index is 0.666. The van der Waals surface area contributed by atoms with Crippen molar-refractivity contribution in [2.45, 2.75) is 39.5 Å². The van der Waals surface area contributed by atoms with Gasteiger partial charge in [0.2, 0.25) is 0 Å². The molecule has 152 valence electrons. The second kappa shape index (κ2) is 10.6. The molecule has 0 unspecified atom stereocenters. The molecule has 1 aromatic heterocycles. The maximum Gasteiger partial charge on any atom is 0.159 e. The molecule has 0 aliphatic carbocycles. The Morgan fingerprint density at radius 3 is 2.62 bits per heavy atom. The summed E-state index contributed by atoms with van der Waals surface area (Å²) < 4.78 is 0. The minimum Gasteiger partial charge on any atom is -0.358 e. The minimum atomic E-state index is 0.666. The number of amidine groups is 1. The Kier molecular flexibility index (Phi) is 7.56. The van der Waals surface area contributed by atoms with Gasteiger partial charge >= 0.3 is 0 Å². The molecule has 0 saturated heterocycles. The average molecular weight is 390 g/mol. The summed E-state index contributed by atoms with van der Waals surface area (Å²) >= 11 is 0. The molecule has 3 rings (SSSR count). The number of hydrogen-bond donors (Lipinski definition) is 0. The molecular weight excluding hydrogens is 358 g/mol. The predicted molar refractivity (Wildman–Crippen MR) is 123 cm³/mol. The molecule has 0 N–H and O–H groups in total. The van der Waals surface area contributed by atoms with Gasteiger partial charge in [-0.2, -0.15) is 0 Å². The molecule has 0 atom stereocenters. The van der Waals surface area contributed by atoms with Crippen molar-refractivity contribution >= 4 is 23.2 Å². The number of aromatic nitrogens is 2. The van der Waals surface area contributed by atoms with Crippen LogP contribution in [-0.2, 0) is 0 Å². The van der Waals surface area contributed by atoms with Gasteiger partial charge in [-0.05, 0) is 38.0 Å². The zero-order chi connectivity index (χ0) is 20.5. The molecule has 1 aliphatic heterocycles. The molecule has 29 heavy (non-hydrogen) atoms. The second-order valence-corrected chi connectivity index (χ2v) is 7.39. The van der Waals surface area contributed by atoms with Crippen molar-refractivity contribution < 1.29 is 0 Å². The fourth-order valence-corrected chi connectivity index (χ4v) is 3.24. The van der Waals surface area contributed by atoms with Crippen molar-refractivity contribution in [3.05, 3.63) is 66.5 Å². The van der Waals surface area contributed by atoms with E-state index in [2.05, 4.69) is 66.0 Å². The van der Waals surface area contributed by atoms with Crippen molar-refractivity contribution in [2.24, 2.45) is 4.99 Å². The van der Waals surface area contributed by atoms with Gasteiger partial charge in [-0.25, -0.2) is 4.98 Å². The highest BCUT2D eigenvalue weighted by atomic mass is 15.3. The molecule has 0 fully saturated rings. The number of hydrogen-bond acceptors (Lipinski definition) is 5. The average Bonchev–Trinajstić information content (AvgIpc) is 2.73. The number of allylic oxidation sites excluding steroid dienone is 2. The maximum atomic E-state index is 4.93. The lowest BCUT2D eigenvalue weighted by Crippen LogP contribution is -2.27. The standard InChI is InChI=1S/C24H31N5/c1-4-5-9-17-28(3)23-18-25-19-24(27-23)29(21-12-7-6-8-13-21)22-14-10-11-20(2)15-16-26-22/h6-8,10,12-15,18-19H,4-5,9,11,16-17H2,1-3H3/b14-10-,20-15-,26-22+. The lowest BCUT2D eigenvalue weighted by molar-refractivity contribution is 0.700. The van der Waals surface area contributed by atoms with Crippen molar-refractivity contribution in [1.82, 2.24) is 9.97 Å². The summed E-state index contributed by atoms with van der Waals surface area (Å²) in [4.78, 5) is 18.5. The molecule has 2 aromatic rings. The van der Waals surface area contributed by atoms with E-state index in [0.717, 1.165) is 42.5 Å². The van der Waals surface area contributed by atoms with Crippen LogP contribution in [0.25, 0.3) is 0 Å². The predicted octanol–water partition coefficient (Wildman–Crippen LogP) is 5.55. The molecule has 0 saturated carbocycles. The molecule has 0 spiro atoms. The molecule has 2 heterocycles. The van der Waals surface area contributed by atoms with E-state index in [1.54, 1.807) is 0 Å². The van der Waals surface area contributed by atoms with Crippen molar-refractivity contribution in [2.75, 3.05) is 29.9 Å². The van der Waals surface area contributed by atoms with Gasteiger partial charge in [-0.1, -0.05) is 55.7 Å². The summed E-state index contributed by atoms with van der Waals surface area (Å²) in [6.45, 7) is 6.00. The first kappa shape index (κ1) is 20.8. The summed E-state index contributed by atoms with van der Waals surface area (Å²) in [6.07, 6.45) is 14.6. The van der Waals surface area contributed by atoms with Gasteiger partial charge in [0.05, 0.1) is 18.9 Å². The smallest absolute Gasteiger partial charge is 0.159 e. The van der Waals surface area contributed by atoms with Crippen molar-refractivity contribution in [3.8, 4) is 0 Å². The number of unbranched alkanes of at least 4 members (excludes halogenated alkanes) is 2. The maximum absolute atomic E-state index is 4.93. The first-order chi connectivity index (χ1) is 14.2. The van der Waals surface area contributed by atoms with Gasteiger partial charge in [0.15, 0.2) is 5.82 Å². The van der Waals surface area contributed by atoms with E-state index < -0.39 is 0 Å². The van der Waals surface area contributed by atoms with E-state index >= 15 is 0 Å². The van der Waals surface area contributed by atoms with Gasteiger partial charge in [0, 0.05) is 19.3 Å². The number of nitrogens with zero attached hydrogens (tertiary/aromatic N) is 5. The van der Waals surface area contributed by atoms with Crippen molar-refractivity contribution in [3.63, 3.8) is 0 Å². The normalized spacial score (nSPS) is 18.6. The van der Waals surface area contributed by atoms with Gasteiger partial charge < -0.3 is 4.90 Å². The van der Waals surface area contributed by atoms with Crippen LogP contribution in [0.4, 0.5) is 17.3 Å². The van der Waals surface area contributed by atoms with E-state index in [-0.39, 0.29) is 0 Å². The Labute approximate surface area is 174 Å². The van der Waals surface area contributed by atoms with Gasteiger partial charge in [-0.3, -0.25) is 14.9 Å². The van der Waals surface area contributed by atoms with Gasteiger partial charge in [-0.15, -0.1) is 0 Å². The highest BCUT2D eigenvalue weighted by Crippen LogP contribution is 2.26. The molecule has 0 bridgehead atoms. The Morgan fingerprint density at radius 2 is 1.83 bits per heavy atom. The van der Waals surface area contributed by atoms with E-state index in [1.807, 2.05) is 30.6 Å². The SMILES string of the molecule is CCCCCN(C)c1cncc(N(C2=N/C/C=C(/C)C/C=C\2)c2ccccc2)n1. The molecular formula is C24H31N5. The third-order valence-corrected chi connectivity index (χ3v) is 4.97. The summed E-state index contributed by atoms with van der Waals surface area (Å²) in [5.74, 6) is 2.53. The van der Waals surface area contributed by atoms with E-state index in [4.69, 9.17) is 9.98 Å². The second-order valence-electron chi connectivity index (χ2n) is 7.39. The van der Waals surface area contributed by atoms with Crippen LogP contribution in [0.1, 0.15) is 39.5 Å². The Balaban J connectivity index is 1.95. The largest absolute Gasteiger partial charge is 0.358 e. The third-order valence-electron chi connectivity index (χ3n) is 4.97. The van der Waals surface area contributed by atoms with Crippen LogP contribution in [0.5, 0.6) is 0 Å². The molecule has 0 amide bonds. The van der Waals surface area contributed by atoms with E-state index in [9.17, 15) is 0 Å². The quantitative estimate of drug-likeness (QED) is 0.460. The summed E-state index contributed by atoms with van der Waals surface area (Å²) in [6, 6.07) is 10.2. The summed E-state index contributed by atoms with van der Waals surface area (Å²) in [5.41, 5.74) is 2.36. The zero-order valence-electron chi connectivity index (χ0n) is 17.8. The zero-order valence-corrected chi connectivity index (χ0v) is 17.8. The number of aliphatic imine (C=N–C) groups is 1. The van der Waals surface area contributed by atoms with Crippen LogP contribution in [0.3, 0.4) is 0 Å². The summed E-state index contributed by atoms with van der Waals surface area (Å²) in [5, 5.41) is 0. The fourth-order valence-electron chi connectivity index (χ4n) is 3.24. The first-order valence-corrected chi connectivity index (χ1v) is 10.4. The number of rotatable bonds is 7. The highest BCUT2D eigenvalue weighted by molar-refractivity contribution is 6.10. The third kappa shape index (κ3) is 5.76. The molecule has 1 aliphatic rings. The summed E-state index contributed by atoms with van der Waals surface area (Å²) in [7, 11) is 2.08. The van der Waals surface area contributed by atoms with E-state index in [0.29, 0.717) is 6.54 Å². The fraction of sp³-hybridized carbons (Fsp3) is 0.375. The Morgan fingerprint density at radius 1 is 1.03 bits per heavy atom. The Hall–Kier alpha value is -2.95. The van der Waals surface area contributed by atoms with Gasteiger partial charge in [0.25, 0.3) is 0 Å². The van der Waals surface area contributed by atoms with Crippen LogP contribution < -0.4 is 9.80 Å². The molecule has 0 radical (unpaired) electrons. The lowest BCUT2D eigenvalue weighted by atomic mass is 10.1. The van der Waals surface area contributed by atoms with Crippen LogP contribution in [0.2, 0.25) is 0 Å². The number of para-hydroxylation sites is 1. The van der Waals surface area contributed by atoms with Crippen LogP contribution in [0, 0.1) is 0 Å². The topological polar surface area (TPSA) is 44.6 Å². The first-order valence-electron chi connectivity index (χ1n) is 10.4. The highest BCUT2D eigenvalue weighted by Gasteiger charge is 2.17. The van der Waals surface area contributed by atoms with E-state index in [1.165, 1.54) is 18.4 Å². The number of benzene rings is 1.